The van der Waals surface area contributed by atoms with Crippen LogP contribution in [0.1, 0.15) is 32.8 Å². The zero-order chi connectivity index (χ0) is 16.0. The van der Waals surface area contributed by atoms with Crippen LogP contribution in [0.3, 0.4) is 0 Å². The molecule has 0 bridgehead atoms. The van der Waals surface area contributed by atoms with Gasteiger partial charge in [0.2, 0.25) is 5.91 Å². The number of benzene rings is 1. The lowest BCUT2D eigenvalue weighted by Crippen LogP contribution is -2.35. The summed E-state index contributed by atoms with van der Waals surface area (Å²) in [7, 11) is 0. The molecule has 0 saturated heterocycles. The molecule has 5 heteroatoms. The summed E-state index contributed by atoms with van der Waals surface area (Å²) in [5.74, 6) is -1.65. The largest absolute Gasteiger partial charge is 0.481 e. The molecule has 1 amide bonds. The van der Waals surface area contributed by atoms with Crippen LogP contribution in [-0.4, -0.2) is 23.5 Å². The molecule has 0 fully saturated rings. The van der Waals surface area contributed by atoms with Crippen LogP contribution in [-0.2, 0) is 16.0 Å². The SMILES string of the molecule is CC(C)(C)CC(CNC(=O)Cc1cccc(Cl)c1)C(=O)O. The Balaban J connectivity index is 2.52. The summed E-state index contributed by atoms with van der Waals surface area (Å²) in [5.41, 5.74) is 0.712. The molecule has 0 heterocycles. The minimum atomic E-state index is -0.881. The number of hydrogen-bond acceptors (Lipinski definition) is 2. The van der Waals surface area contributed by atoms with Crippen molar-refractivity contribution in [1.29, 1.82) is 0 Å². The Labute approximate surface area is 130 Å². The van der Waals surface area contributed by atoms with Gasteiger partial charge >= 0.3 is 5.97 Å². The summed E-state index contributed by atoms with van der Waals surface area (Å²) < 4.78 is 0. The number of halogens is 1. The summed E-state index contributed by atoms with van der Waals surface area (Å²) >= 11 is 5.86. The fraction of sp³-hybridized carbons (Fsp3) is 0.500. The van der Waals surface area contributed by atoms with E-state index < -0.39 is 11.9 Å². The van der Waals surface area contributed by atoms with Crippen LogP contribution in [0.2, 0.25) is 5.02 Å². The van der Waals surface area contributed by atoms with Crippen LogP contribution in [0.15, 0.2) is 24.3 Å². The van der Waals surface area contributed by atoms with Crippen LogP contribution in [0.5, 0.6) is 0 Å². The molecule has 0 aliphatic heterocycles. The minimum Gasteiger partial charge on any atom is -0.481 e. The molecule has 1 aromatic rings. The maximum absolute atomic E-state index is 11.9. The molecule has 0 aromatic heterocycles. The van der Waals surface area contributed by atoms with Gasteiger partial charge in [0.1, 0.15) is 0 Å². The first-order valence-electron chi connectivity index (χ1n) is 6.91. The van der Waals surface area contributed by atoms with Crippen molar-refractivity contribution in [2.75, 3.05) is 6.54 Å². The molecule has 1 unspecified atom stereocenters. The van der Waals surface area contributed by atoms with Crippen LogP contribution in [0.4, 0.5) is 0 Å². The third-order valence-corrected chi connectivity index (χ3v) is 3.24. The van der Waals surface area contributed by atoms with E-state index in [0.717, 1.165) is 5.56 Å². The summed E-state index contributed by atoms with van der Waals surface area (Å²) in [6.45, 7) is 6.09. The average molecular weight is 312 g/mol. The molecule has 0 radical (unpaired) electrons. The van der Waals surface area contributed by atoms with Crippen molar-refractivity contribution in [3.8, 4) is 0 Å². The molecule has 4 nitrogen and oxygen atoms in total. The second-order valence-corrected chi connectivity index (χ2v) is 6.85. The first kappa shape index (κ1) is 17.5. The first-order valence-corrected chi connectivity index (χ1v) is 7.29. The predicted molar refractivity (Wildman–Crippen MR) is 83.4 cm³/mol. The lowest BCUT2D eigenvalue weighted by molar-refractivity contribution is -0.142. The third-order valence-electron chi connectivity index (χ3n) is 3.01. The lowest BCUT2D eigenvalue weighted by Gasteiger charge is -2.23. The van der Waals surface area contributed by atoms with Crippen molar-refractivity contribution in [3.63, 3.8) is 0 Å². The highest BCUT2D eigenvalue weighted by molar-refractivity contribution is 6.30. The highest BCUT2D eigenvalue weighted by Gasteiger charge is 2.24. The van der Waals surface area contributed by atoms with Gasteiger partial charge < -0.3 is 10.4 Å². The quantitative estimate of drug-likeness (QED) is 0.848. The Hall–Kier alpha value is -1.55. The van der Waals surface area contributed by atoms with E-state index in [9.17, 15) is 14.7 Å². The van der Waals surface area contributed by atoms with Gasteiger partial charge in [-0.25, -0.2) is 0 Å². The fourth-order valence-corrected chi connectivity index (χ4v) is 2.33. The number of carbonyl (C=O) groups is 2. The van der Waals surface area contributed by atoms with E-state index in [2.05, 4.69) is 5.32 Å². The molecule has 1 rings (SSSR count). The monoisotopic (exact) mass is 311 g/mol. The molecule has 0 spiro atoms. The average Bonchev–Trinajstić information content (AvgIpc) is 2.32. The molecule has 116 valence electrons. The Morgan fingerprint density at radius 3 is 2.52 bits per heavy atom. The Morgan fingerprint density at radius 1 is 1.33 bits per heavy atom. The normalized spacial score (nSPS) is 12.8. The molecular formula is C16H22ClNO3. The molecular weight excluding hydrogens is 290 g/mol. The number of amides is 1. The van der Waals surface area contributed by atoms with Crippen molar-refractivity contribution < 1.29 is 14.7 Å². The summed E-state index contributed by atoms with van der Waals surface area (Å²) in [6, 6.07) is 7.07. The predicted octanol–water partition coefficient (Wildman–Crippen LogP) is 3.14. The Kier molecular flexibility index (Phi) is 6.21. The zero-order valence-corrected chi connectivity index (χ0v) is 13.4. The highest BCUT2D eigenvalue weighted by Crippen LogP contribution is 2.24. The zero-order valence-electron chi connectivity index (χ0n) is 12.6. The van der Waals surface area contributed by atoms with Gasteiger partial charge in [0, 0.05) is 11.6 Å². The summed E-state index contributed by atoms with van der Waals surface area (Å²) in [6.07, 6.45) is 0.711. The smallest absolute Gasteiger partial charge is 0.308 e. The number of carboxylic acids is 1. The van der Waals surface area contributed by atoms with Gasteiger partial charge in [-0.15, -0.1) is 0 Å². The van der Waals surface area contributed by atoms with E-state index >= 15 is 0 Å². The highest BCUT2D eigenvalue weighted by atomic mass is 35.5. The van der Waals surface area contributed by atoms with Gasteiger partial charge in [0.05, 0.1) is 12.3 Å². The van der Waals surface area contributed by atoms with Gasteiger partial charge in [-0.2, -0.15) is 0 Å². The molecule has 0 aliphatic rings. The van der Waals surface area contributed by atoms with Gasteiger partial charge in [-0.05, 0) is 29.5 Å². The number of rotatable bonds is 6. The van der Waals surface area contributed by atoms with Gasteiger partial charge in [0.15, 0.2) is 0 Å². The van der Waals surface area contributed by atoms with Crippen molar-refractivity contribution >= 4 is 23.5 Å². The first-order chi connectivity index (χ1) is 9.67. The number of carboxylic acid groups (broad SMARTS) is 1. The second-order valence-electron chi connectivity index (χ2n) is 6.41. The van der Waals surface area contributed by atoms with Gasteiger partial charge in [0.25, 0.3) is 0 Å². The summed E-state index contributed by atoms with van der Waals surface area (Å²) in [5, 5.41) is 12.5. The van der Waals surface area contributed by atoms with E-state index in [1.54, 1.807) is 18.2 Å². The Bertz CT molecular complexity index is 508. The van der Waals surface area contributed by atoms with E-state index in [0.29, 0.717) is 11.4 Å². The van der Waals surface area contributed by atoms with Crippen LogP contribution < -0.4 is 5.32 Å². The number of hydrogen-bond donors (Lipinski definition) is 2. The molecule has 1 atom stereocenters. The van der Waals surface area contributed by atoms with E-state index in [1.165, 1.54) is 0 Å². The van der Waals surface area contributed by atoms with Crippen molar-refractivity contribution in [2.45, 2.75) is 33.6 Å². The molecule has 2 N–H and O–H groups in total. The van der Waals surface area contributed by atoms with E-state index in [-0.39, 0.29) is 24.3 Å². The second kappa shape index (κ2) is 7.46. The van der Waals surface area contributed by atoms with Crippen LogP contribution >= 0.6 is 11.6 Å². The maximum Gasteiger partial charge on any atom is 0.308 e. The van der Waals surface area contributed by atoms with E-state index in [4.69, 9.17) is 11.6 Å². The van der Waals surface area contributed by atoms with Crippen molar-refractivity contribution in [2.24, 2.45) is 11.3 Å². The number of carbonyl (C=O) groups excluding carboxylic acids is 1. The maximum atomic E-state index is 11.9. The lowest BCUT2D eigenvalue weighted by atomic mass is 9.84. The molecule has 21 heavy (non-hydrogen) atoms. The number of nitrogens with one attached hydrogen (secondary N) is 1. The number of aliphatic carboxylic acids is 1. The third kappa shape index (κ3) is 7.14. The van der Waals surface area contributed by atoms with Crippen LogP contribution in [0, 0.1) is 11.3 Å². The van der Waals surface area contributed by atoms with E-state index in [1.807, 2.05) is 26.8 Å². The standard InChI is InChI=1S/C16H22ClNO3/c1-16(2,3)9-12(15(20)21)10-18-14(19)8-11-5-4-6-13(17)7-11/h4-7,12H,8-10H2,1-3H3,(H,18,19)(H,20,21). The molecule has 0 aliphatic carbocycles. The van der Waals surface area contributed by atoms with Crippen LogP contribution in [0.25, 0.3) is 0 Å². The Morgan fingerprint density at radius 2 is 2.00 bits per heavy atom. The van der Waals surface area contributed by atoms with Crippen molar-refractivity contribution in [3.05, 3.63) is 34.9 Å². The summed E-state index contributed by atoms with van der Waals surface area (Å²) in [4.78, 5) is 23.1. The van der Waals surface area contributed by atoms with Gasteiger partial charge in [-0.1, -0.05) is 44.5 Å². The fourth-order valence-electron chi connectivity index (χ4n) is 2.12. The van der Waals surface area contributed by atoms with Crippen molar-refractivity contribution in [1.82, 2.24) is 5.32 Å². The molecule has 1 aromatic carbocycles. The van der Waals surface area contributed by atoms with Gasteiger partial charge in [-0.3, -0.25) is 9.59 Å². The topological polar surface area (TPSA) is 66.4 Å². The minimum absolute atomic E-state index is 0.0965. The molecule has 0 saturated carbocycles.